The lowest BCUT2D eigenvalue weighted by Gasteiger charge is -2.30. The molecule has 0 unspecified atom stereocenters. The van der Waals surface area contributed by atoms with Crippen molar-refractivity contribution in [1.29, 1.82) is 0 Å². The molecule has 1 aliphatic rings. The number of nitrogens with one attached hydrogen (secondary N) is 2. The third-order valence-electron chi connectivity index (χ3n) is 4.50. The van der Waals surface area contributed by atoms with E-state index in [0.29, 0.717) is 30.4 Å². The van der Waals surface area contributed by atoms with Gasteiger partial charge >= 0.3 is 0 Å². The Kier molecular flexibility index (Phi) is 7.25. The highest BCUT2D eigenvalue weighted by molar-refractivity contribution is 5.94. The summed E-state index contributed by atoms with van der Waals surface area (Å²) in [6, 6.07) is 7.82. The zero-order chi connectivity index (χ0) is 17.4. The molecule has 1 saturated carbocycles. The van der Waals surface area contributed by atoms with Crippen molar-refractivity contribution in [3.8, 4) is 0 Å². The molecule has 2 rings (SSSR count). The fraction of sp³-hybridized carbons (Fsp3) is 0.579. The number of hydrogen-bond acceptors (Lipinski definition) is 3. The molecule has 0 atom stereocenters. The predicted octanol–water partition coefficient (Wildman–Crippen LogP) is 3.63. The van der Waals surface area contributed by atoms with Crippen molar-refractivity contribution in [2.24, 2.45) is 0 Å². The smallest absolute Gasteiger partial charge is 0.238 e. The van der Waals surface area contributed by atoms with Gasteiger partial charge in [-0.05, 0) is 44.5 Å². The van der Waals surface area contributed by atoms with Crippen LogP contribution in [0.5, 0.6) is 0 Å². The maximum atomic E-state index is 12.3. The van der Waals surface area contributed by atoms with E-state index in [1.54, 1.807) is 6.07 Å². The molecule has 0 aromatic heterocycles. The molecule has 0 heterocycles. The predicted molar refractivity (Wildman–Crippen MR) is 98.1 cm³/mol. The Morgan fingerprint density at radius 2 is 1.71 bits per heavy atom. The van der Waals surface area contributed by atoms with Crippen LogP contribution in [0.3, 0.4) is 0 Å². The quantitative estimate of drug-likeness (QED) is 0.802. The second-order valence-electron chi connectivity index (χ2n) is 6.63. The number of carbonyl (C=O) groups excluding carboxylic acids is 2. The summed E-state index contributed by atoms with van der Waals surface area (Å²) in [4.78, 5) is 26.1. The normalized spacial score (nSPS) is 15.3. The minimum Gasteiger partial charge on any atom is -0.326 e. The lowest BCUT2D eigenvalue weighted by Crippen LogP contribution is -2.39. The highest BCUT2D eigenvalue weighted by Crippen LogP contribution is 2.21. The Balaban J connectivity index is 1.85. The Bertz CT molecular complexity index is 553. The average Bonchev–Trinajstić information content (AvgIpc) is 2.56. The highest BCUT2D eigenvalue weighted by Gasteiger charge is 2.19. The third kappa shape index (κ3) is 5.96. The van der Waals surface area contributed by atoms with Crippen LogP contribution in [0.15, 0.2) is 24.3 Å². The van der Waals surface area contributed by atoms with Crippen LogP contribution >= 0.6 is 0 Å². The fourth-order valence-corrected chi connectivity index (χ4v) is 3.20. The van der Waals surface area contributed by atoms with Gasteiger partial charge in [0.15, 0.2) is 0 Å². The maximum Gasteiger partial charge on any atom is 0.238 e. The van der Waals surface area contributed by atoms with E-state index in [1.807, 2.05) is 32.2 Å². The molecule has 0 radical (unpaired) electrons. The number of amides is 2. The van der Waals surface area contributed by atoms with Crippen LogP contribution in [0.2, 0.25) is 0 Å². The van der Waals surface area contributed by atoms with Crippen LogP contribution in [-0.2, 0) is 9.59 Å². The van der Waals surface area contributed by atoms with Crippen molar-refractivity contribution in [2.45, 2.75) is 57.9 Å². The van der Waals surface area contributed by atoms with E-state index in [1.165, 1.54) is 32.1 Å². The molecule has 0 aliphatic heterocycles. The summed E-state index contributed by atoms with van der Waals surface area (Å²) >= 11 is 0. The van der Waals surface area contributed by atoms with Crippen molar-refractivity contribution in [2.75, 3.05) is 24.2 Å². The van der Waals surface area contributed by atoms with E-state index in [4.69, 9.17) is 0 Å². The molecule has 2 N–H and O–H groups in total. The fourth-order valence-electron chi connectivity index (χ4n) is 3.20. The molecule has 24 heavy (non-hydrogen) atoms. The number of likely N-dealkylation sites (N-methyl/N-ethyl adjacent to an activating group) is 1. The lowest BCUT2D eigenvalue weighted by molar-refractivity contribution is -0.118. The van der Waals surface area contributed by atoms with Gasteiger partial charge in [-0.25, -0.2) is 0 Å². The molecular formula is C19H29N3O2. The molecule has 5 nitrogen and oxygen atoms in total. The van der Waals surface area contributed by atoms with E-state index in [-0.39, 0.29) is 11.8 Å². The summed E-state index contributed by atoms with van der Waals surface area (Å²) in [6.07, 6.45) is 7.52. The standard InChI is InChI=1S/C19H29N3O2/c1-3-8-18(23)20-15-9-7-10-16(13-15)21-19(24)14-22(2)17-11-5-4-6-12-17/h7,9-10,13,17H,3-6,8,11-12,14H2,1-2H3,(H,20,23)(H,21,24). The van der Waals surface area contributed by atoms with Crippen LogP contribution in [0.25, 0.3) is 0 Å². The Morgan fingerprint density at radius 3 is 2.33 bits per heavy atom. The first-order valence-electron chi connectivity index (χ1n) is 8.98. The van der Waals surface area contributed by atoms with Gasteiger partial charge in [-0.2, -0.15) is 0 Å². The van der Waals surface area contributed by atoms with Crippen molar-refractivity contribution in [3.63, 3.8) is 0 Å². The van der Waals surface area contributed by atoms with E-state index < -0.39 is 0 Å². The largest absolute Gasteiger partial charge is 0.326 e. The van der Waals surface area contributed by atoms with Gasteiger partial charge < -0.3 is 10.6 Å². The number of nitrogens with zero attached hydrogens (tertiary/aromatic N) is 1. The van der Waals surface area contributed by atoms with Gasteiger partial charge in [0.2, 0.25) is 11.8 Å². The topological polar surface area (TPSA) is 61.4 Å². The Morgan fingerprint density at radius 1 is 1.08 bits per heavy atom. The first-order valence-corrected chi connectivity index (χ1v) is 8.98. The van der Waals surface area contributed by atoms with Crippen molar-refractivity contribution in [1.82, 2.24) is 4.90 Å². The molecule has 0 bridgehead atoms. The van der Waals surface area contributed by atoms with Gasteiger partial charge in [-0.1, -0.05) is 32.3 Å². The number of anilines is 2. The Hall–Kier alpha value is -1.88. The summed E-state index contributed by atoms with van der Waals surface area (Å²) < 4.78 is 0. The number of rotatable bonds is 7. The van der Waals surface area contributed by atoms with Gasteiger partial charge in [0, 0.05) is 23.8 Å². The van der Waals surface area contributed by atoms with Gasteiger partial charge in [-0.3, -0.25) is 14.5 Å². The van der Waals surface area contributed by atoms with E-state index in [9.17, 15) is 9.59 Å². The monoisotopic (exact) mass is 331 g/mol. The van der Waals surface area contributed by atoms with Crippen LogP contribution in [0.4, 0.5) is 11.4 Å². The molecule has 1 fully saturated rings. The average molecular weight is 331 g/mol. The minimum absolute atomic E-state index is 0.00184. The molecule has 132 valence electrons. The number of benzene rings is 1. The first-order chi connectivity index (χ1) is 11.6. The molecule has 5 heteroatoms. The maximum absolute atomic E-state index is 12.3. The lowest BCUT2D eigenvalue weighted by atomic mass is 9.94. The molecule has 0 spiro atoms. The zero-order valence-electron chi connectivity index (χ0n) is 14.8. The summed E-state index contributed by atoms with van der Waals surface area (Å²) in [5, 5.41) is 5.77. The first kappa shape index (κ1) is 18.5. The second-order valence-corrected chi connectivity index (χ2v) is 6.63. The van der Waals surface area contributed by atoms with Crippen molar-refractivity contribution >= 4 is 23.2 Å². The Labute approximate surface area is 144 Å². The molecule has 0 saturated heterocycles. The SMILES string of the molecule is CCCC(=O)Nc1cccc(NC(=O)CN(C)C2CCCCC2)c1. The molecular weight excluding hydrogens is 302 g/mol. The third-order valence-corrected chi connectivity index (χ3v) is 4.50. The second kappa shape index (κ2) is 9.42. The molecule has 1 aliphatic carbocycles. The van der Waals surface area contributed by atoms with Crippen molar-refractivity contribution in [3.05, 3.63) is 24.3 Å². The molecule has 1 aromatic rings. The van der Waals surface area contributed by atoms with Gasteiger partial charge in [0.1, 0.15) is 0 Å². The zero-order valence-corrected chi connectivity index (χ0v) is 14.8. The number of hydrogen-bond donors (Lipinski definition) is 2. The highest BCUT2D eigenvalue weighted by atomic mass is 16.2. The van der Waals surface area contributed by atoms with E-state index >= 15 is 0 Å². The molecule has 1 aromatic carbocycles. The summed E-state index contributed by atoms with van der Waals surface area (Å²) in [5.41, 5.74) is 1.43. The summed E-state index contributed by atoms with van der Waals surface area (Å²) in [7, 11) is 2.02. The van der Waals surface area contributed by atoms with Gasteiger partial charge in [0.25, 0.3) is 0 Å². The van der Waals surface area contributed by atoms with Crippen molar-refractivity contribution < 1.29 is 9.59 Å². The summed E-state index contributed by atoms with van der Waals surface area (Å²) in [5.74, 6) is -0.0156. The van der Waals surface area contributed by atoms with Gasteiger partial charge in [0.05, 0.1) is 6.54 Å². The van der Waals surface area contributed by atoms with E-state index in [2.05, 4.69) is 15.5 Å². The van der Waals surface area contributed by atoms with Gasteiger partial charge in [-0.15, -0.1) is 0 Å². The van der Waals surface area contributed by atoms with Crippen LogP contribution in [0, 0.1) is 0 Å². The molecule has 2 amide bonds. The number of carbonyl (C=O) groups is 2. The van der Waals surface area contributed by atoms with E-state index in [0.717, 1.165) is 6.42 Å². The summed E-state index contributed by atoms with van der Waals surface area (Å²) in [6.45, 7) is 2.37. The van der Waals surface area contributed by atoms with Crippen LogP contribution in [0.1, 0.15) is 51.9 Å². The minimum atomic E-state index is -0.0138. The van der Waals surface area contributed by atoms with Crippen LogP contribution < -0.4 is 10.6 Å². The van der Waals surface area contributed by atoms with Crippen LogP contribution in [-0.4, -0.2) is 36.3 Å².